The quantitative estimate of drug-likeness (QED) is 0.449. The van der Waals surface area contributed by atoms with E-state index in [0.29, 0.717) is 29.4 Å². The molecule has 0 unspecified atom stereocenters. The van der Waals surface area contributed by atoms with Gasteiger partial charge in [-0.15, -0.1) is 0 Å². The molecule has 3 heterocycles. The molecular weight excluding hydrogens is 382 g/mol. The number of anilines is 2. The SMILES string of the molecule is CC(C)(C)NC(=S)Nc1nc(Sc2ncccn2)cc(N2CCOCC2)n1. The molecule has 0 atom stereocenters. The molecule has 0 spiro atoms. The maximum Gasteiger partial charge on any atom is 0.232 e. The molecule has 2 N–H and O–H groups in total. The summed E-state index contributed by atoms with van der Waals surface area (Å²) in [4.78, 5) is 19.9. The van der Waals surface area contributed by atoms with Crippen molar-refractivity contribution in [1.29, 1.82) is 0 Å². The van der Waals surface area contributed by atoms with Crippen LogP contribution in [0.4, 0.5) is 11.8 Å². The maximum absolute atomic E-state index is 5.44. The minimum absolute atomic E-state index is 0.151. The largest absolute Gasteiger partial charge is 0.378 e. The second kappa shape index (κ2) is 8.77. The minimum atomic E-state index is -0.151. The van der Waals surface area contributed by atoms with Crippen molar-refractivity contribution >= 4 is 40.9 Å². The third-order valence-corrected chi connectivity index (χ3v) is 4.49. The molecule has 1 fully saturated rings. The van der Waals surface area contributed by atoms with Gasteiger partial charge in [0.05, 0.1) is 13.2 Å². The Hall–Kier alpha value is -2.04. The summed E-state index contributed by atoms with van der Waals surface area (Å²) in [6, 6.07) is 3.73. The highest BCUT2D eigenvalue weighted by Crippen LogP contribution is 2.27. The Labute approximate surface area is 168 Å². The fourth-order valence-electron chi connectivity index (χ4n) is 2.38. The van der Waals surface area contributed by atoms with Gasteiger partial charge in [-0.25, -0.2) is 15.0 Å². The predicted molar refractivity (Wildman–Crippen MR) is 110 cm³/mol. The first-order valence-electron chi connectivity index (χ1n) is 8.65. The van der Waals surface area contributed by atoms with Gasteiger partial charge in [-0.1, -0.05) is 0 Å². The van der Waals surface area contributed by atoms with Gasteiger partial charge >= 0.3 is 0 Å². The van der Waals surface area contributed by atoms with Crippen LogP contribution < -0.4 is 15.5 Å². The van der Waals surface area contributed by atoms with Crippen LogP contribution in [-0.4, -0.2) is 56.9 Å². The fraction of sp³-hybridized carbons (Fsp3) is 0.471. The molecule has 2 aromatic rings. The Balaban J connectivity index is 1.84. The molecule has 8 nitrogen and oxygen atoms in total. The van der Waals surface area contributed by atoms with E-state index >= 15 is 0 Å². The lowest BCUT2D eigenvalue weighted by Gasteiger charge is -2.28. The third kappa shape index (κ3) is 6.26. The molecule has 144 valence electrons. The van der Waals surface area contributed by atoms with Crippen molar-refractivity contribution in [3.05, 3.63) is 24.5 Å². The number of morpholine rings is 1. The molecule has 10 heteroatoms. The smallest absolute Gasteiger partial charge is 0.232 e. The van der Waals surface area contributed by atoms with Crippen LogP contribution in [0.2, 0.25) is 0 Å². The van der Waals surface area contributed by atoms with Crippen LogP contribution in [0.1, 0.15) is 20.8 Å². The summed E-state index contributed by atoms with van der Waals surface area (Å²) in [5.74, 6) is 1.27. The molecule has 1 aliphatic rings. The average Bonchev–Trinajstić information content (AvgIpc) is 2.61. The van der Waals surface area contributed by atoms with Gasteiger partial charge in [0, 0.05) is 37.1 Å². The van der Waals surface area contributed by atoms with Gasteiger partial charge in [-0.05, 0) is 50.8 Å². The average molecular weight is 406 g/mol. The molecule has 2 aromatic heterocycles. The number of aromatic nitrogens is 4. The number of rotatable bonds is 4. The second-order valence-corrected chi connectivity index (χ2v) is 8.35. The first kappa shape index (κ1) is 19.7. The summed E-state index contributed by atoms with van der Waals surface area (Å²) in [6.45, 7) is 9.06. The van der Waals surface area contributed by atoms with E-state index < -0.39 is 0 Å². The standard InChI is InChI=1S/C17H23N7OS2/c1-17(2,3)23-15(26)22-14-20-12(24-7-9-25-10-8-24)11-13(21-14)27-16-18-5-4-6-19-16/h4-6,11H,7-10H2,1-3H3,(H2,20,21,22,23,26). The van der Waals surface area contributed by atoms with Gasteiger partial charge in [0.2, 0.25) is 5.95 Å². The zero-order chi connectivity index (χ0) is 19.3. The molecule has 0 radical (unpaired) electrons. The van der Waals surface area contributed by atoms with E-state index in [9.17, 15) is 0 Å². The Kier molecular flexibility index (Phi) is 6.40. The van der Waals surface area contributed by atoms with Gasteiger partial charge < -0.3 is 20.3 Å². The van der Waals surface area contributed by atoms with Crippen LogP contribution in [0.15, 0.2) is 34.7 Å². The van der Waals surface area contributed by atoms with E-state index in [1.165, 1.54) is 11.8 Å². The first-order chi connectivity index (χ1) is 12.9. The summed E-state index contributed by atoms with van der Waals surface area (Å²) >= 11 is 6.77. The first-order valence-corrected chi connectivity index (χ1v) is 9.87. The number of hydrogen-bond acceptors (Lipinski definition) is 8. The lowest BCUT2D eigenvalue weighted by Crippen LogP contribution is -2.43. The molecule has 3 rings (SSSR count). The number of nitrogens with one attached hydrogen (secondary N) is 2. The summed E-state index contributed by atoms with van der Waals surface area (Å²) in [6.07, 6.45) is 3.42. The number of hydrogen-bond donors (Lipinski definition) is 2. The number of thiocarbonyl (C=S) groups is 1. The lowest BCUT2D eigenvalue weighted by atomic mass is 10.1. The van der Waals surface area contributed by atoms with E-state index in [1.807, 2.05) is 26.8 Å². The number of ether oxygens (including phenoxy) is 1. The van der Waals surface area contributed by atoms with Gasteiger partial charge in [-0.3, -0.25) is 0 Å². The van der Waals surface area contributed by atoms with Gasteiger partial charge in [-0.2, -0.15) is 4.98 Å². The van der Waals surface area contributed by atoms with Crippen molar-refractivity contribution < 1.29 is 4.74 Å². The van der Waals surface area contributed by atoms with Crippen molar-refractivity contribution in [3.63, 3.8) is 0 Å². The normalized spacial score (nSPS) is 14.7. The molecule has 1 saturated heterocycles. The molecule has 27 heavy (non-hydrogen) atoms. The van der Waals surface area contributed by atoms with E-state index in [2.05, 4.69) is 35.5 Å². The highest BCUT2D eigenvalue weighted by atomic mass is 32.2. The topological polar surface area (TPSA) is 88.1 Å². The van der Waals surface area contributed by atoms with Crippen molar-refractivity contribution in [2.24, 2.45) is 0 Å². The molecule has 0 aromatic carbocycles. The Morgan fingerprint density at radius 2 is 1.89 bits per heavy atom. The summed E-state index contributed by atoms with van der Waals surface area (Å²) in [7, 11) is 0. The maximum atomic E-state index is 5.44. The van der Waals surface area contributed by atoms with Crippen molar-refractivity contribution in [1.82, 2.24) is 25.3 Å². The van der Waals surface area contributed by atoms with Gasteiger partial charge in [0.1, 0.15) is 10.8 Å². The van der Waals surface area contributed by atoms with Gasteiger partial charge in [0.15, 0.2) is 10.3 Å². The highest BCUT2D eigenvalue weighted by molar-refractivity contribution is 7.99. The summed E-state index contributed by atoms with van der Waals surface area (Å²) in [5.41, 5.74) is -0.151. The van der Waals surface area contributed by atoms with Crippen LogP contribution >= 0.6 is 24.0 Å². The van der Waals surface area contributed by atoms with Crippen LogP contribution in [0.3, 0.4) is 0 Å². The Morgan fingerprint density at radius 3 is 2.56 bits per heavy atom. The number of nitrogens with zero attached hydrogens (tertiary/aromatic N) is 5. The molecule has 0 amide bonds. The van der Waals surface area contributed by atoms with E-state index in [-0.39, 0.29) is 5.54 Å². The van der Waals surface area contributed by atoms with Crippen LogP contribution in [-0.2, 0) is 4.74 Å². The lowest BCUT2D eigenvalue weighted by molar-refractivity contribution is 0.122. The van der Waals surface area contributed by atoms with Crippen molar-refractivity contribution in [3.8, 4) is 0 Å². The molecular formula is C17H23N7OS2. The molecule has 1 aliphatic heterocycles. The second-order valence-electron chi connectivity index (χ2n) is 6.95. The summed E-state index contributed by atoms with van der Waals surface area (Å²) in [5, 5.41) is 8.16. The monoisotopic (exact) mass is 405 g/mol. The van der Waals surface area contributed by atoms with Gasteiger partial charge in [0.25, 0.3) is 0 Å². The summed E-state index contributed by atoms with van der Waals surface area (Å²) < 4.78 is 5.44. The zero-order valence-electron chi connectivity index (χ0n) is 15.6. The highest BCUT2D eigenvalue weighted by Gasteiger charge is 2.17. The van der Waals surface area contributed by atoms with Crippen LogP contribution in [0.25, 0.3) is 0 Å². The fourth-order valence-corrected chi connectivity index (χ4v) is 3.49. The predicted octanol–water partition coefficient (Wildman–Crippen LogP) is 2.34. The van der Waals surface area contributed by atoms with Crippen LogP contribution in [0, 0.1) is 0 Å². The minimum Gasteiger partial charge on any atom is -0.378 e. The van der Waals surface area contributed by atoms with E-state index in [1.54, 1.807) is 18.5 Å². The molecule has 0 bridgehead atoms. The zero-order valence-corrected chi connectivity index (χ0v) is 17.2. The van der Waals surface area contributed by atoms with E-state index in [0.717, 1.165) is 23.9 Å². The van der Waals surface area contributed by atoms with Crippen LogP contribution in [0.5, 0.6) is 0 Å². The van der Waals surface area contributed by atoms with Crippen molar-refractivity contribution in [2.45, 2.75) is 36.5 Å². The molecule has 0 saturated carbocycles. The Bertz CT molecular complexity index is 777. The third-order valence-electron chi connectivity index (χ3n) is 3.48. The Morgan fingerprint density at radius 1 is 1.19 bits per heavy atom. The molecule has 0 aliphatic carbocycles. The van der Waals surface area contributed by atoms with E-state index in [4.69, 9.17) is 17.0 Å². The van der Waals surface area contributed by atoms with Crippen molar-refractivity contribution in [2.75, 3.05) is 36.5 Å².